The molecule has 0 atom stereocenters. The minimum Gasteiger partial charge on any atom is -0.335 e. The molecule has 0 bridgehead atoms. The highest BCUT2D eigenvalue weighted by Crippen LogP contribution is 2.18. The number of aromatic nitrogens is 2. The number of aryl methyl sites for hydroxylation is 2. The molecule has 0 fully saturated rings. The Labute approximate surface area is 95.9 Å². The molecule has 0 saturated heterocycles. The second-order valence-corrected chi connectivity index (χ2v) is 4.44. The van der Waals surface area contributed by atoms with Gasteiger partial charge in [0.05, 0.1) is 0 Å². The normalized spacial score (nSPS) is 15.5. The van der Waals surface area contributed by atoms with Crippen molar-refractivity contribution in [1.82, 2.24) is 9.55 Å². The molecule has 2 nitrogen and oxygen atoms in total. The zero-order chi connectivity index (χ0) is 10.8. The van der Waals surface area contributed by atoms with Crippen LogP contribution in [0.1, 0.15) is 29.8 Å². The Kier molecular flexibility index (Phi) is 2.49. The van der Waals surface area contributed by atoms with E-state index in [1.807, 2.05) is 6.20 Å². The molecule has 0 N–H and O–H groups in total. The van der Waals surface area contributed by atoms with Gasteiger partial charge in [0, 0.05) is 25.4 Å². The van der Waals surface area contributed by atoms with Crippen molar-refractivity contribution in [3.05, 3.63) is 53.6 Å². The van der Waals surface area contributed by atoms with E-state index in [-0.39, 0.29) is 0 Å². The quantitative estimate of drug-likeness (QED) is 0.656. The summed E-state index contributed by atoms with van der Waals surface area (Å²) >= 11 is 0. The molecule has 1 aromatic carbocycles. The van der Waals surface area contributed by atoms with E-state index in [1.165, 1.54) is 36.2 Å². The maximum atomic E-state index is 4.46. The number of rotatable bonds is 0. The molecule has 0 aliphatic carbocycles. The van der Waals surface area contributed by atoms with Crippen LogP contribution in [0.15, 0.2) is 36.7 Å². The van der Waals surface area contributed by atoms with Gasteiger partial charge in [-0.15, -0.1) is 0 Å². The third-order valence-electron chi connectivity index (χ3n) is 3.36. The molecule has 1 aromatic heterocycles. The van der Waals surface area contributed by atoms with Crippen LogP contribution in [0, 0.1) is 0 Å². The van der Waals surface area contributed by atoms with E-state index in [0.29, 0.717) is 0 Å². The second-order valence-electron chi connectivity index (χ2n) is 4.44. The highest BCUT2D eigenvalue weighted by atomic mass is 15.1. The monoisotopic (exact) mass is 212 g/mol. The lowest BCUT2D eigenvalue weighted by Gasteiger charge is -2.07. The average Bonchev–Trinajstić information content (AvgIpc) is 2.75. The fraction of sp³-hybridized carbons (Fsp3) is 0.357. The van der Waals surface area contributed by atoms with E-state index in [0.717, 1.165) is 13.0 Å². The second kappa shape index (κ2) is 4.12. The minimum atomic E-state index is 0.975. The van der Waals surface area contributed by atoms with Crippen LogP contribution in [-0.4, -0.2) is 9.55 Å². The Bertz CT molecular complexity index is 485. The van der Waals surface area contributed by atoms with Crippen molar-refractivity contribution in [3.8, 4) is 0 Å². The Morgan fingerprint density at radius 1 is 1.06 bits per heavy atom. The molecule has 2 aromatic rings. The van der Waals surface area contributed by atoms with Crippen molar-refractivity contribution in [2.24, 2.45) is 0 Å². The summed E-state index contributed by atoms with van der Waals surface area (Å²) in [4.78, 5) is 4.46. The van der Waals surface area contributed by atoms with E-state index in [4.69, 9.17) is 0 Å². The Morgan fingerprint density at radius 3 is 2.88 bits per heavy atom. The standard InChI is InChI=1S/C14H16N2/c1-2-7-13-11-14-15-8-10-16(14)9-4-3-6-12(13)5-1/h1-2,5,7-8,10H,3-4,6,9,11H2. The molecule has 0 amide bonds. The Hall–Kier alpha value is -1.57. The zero-order valence-electron chi connectivity index (χ0n) is 9.39. The van der Waals surface area contributed by atoms with Crippen molar-refractivity contribution < 1.29 is 0 Å². The summed E-state index contributed by atoms with van der Waals surface area (Å²) < 4.78 is 2.29. The molecule has 0 radical (unpaired) electrons. The predicted octanol–water partition coefficient (Wildman–Crippen LogP) is 2.81. The van der Waals surface area contributed by atoms with Crippen molar-refractivity contribution in [2.75, 3.05) is 0 Å². The summed E-state index contributed by atoms with van der Waals surface area (Å²) in [7, 11) is 0. The fourth-order valence-corrected chi connectivity index (χ4v) is 2.45. The maximum Gasteiger partial charge on any atom is 0.113 e. The summed E-state index contributed by atoms with van der Waals surface area (Å²) in [5, 5.41) is 0. The van der Waals surface area contributed by atoms with Crippen LogP contribution in [0.5, 0.6) is 0 Å². The van der Waals surface area contributed by atoms with Crippen LogP contribution >= 0.6 is 0 Å². The molecule has 82 valence electrons. The van der Waals surface area contributed by atoms with Crippen molar-refractivity contribution >= 4 is 0 Å². The van der Waals surface area contributed by atoms with Gasteiger partial charge in [-0.05, 0) is 30.4 Å². The average molecular weight is 212 g/mol. The van der Waals surface area contributed by atoms with Crippen molar-refractivity contribution in [3.63, 3.8) is 0 Å². The largest absolute Gasteiger partial charge is 0.335 e. The molecular weight excluding hydrogens is 196 g/mol. The molecule has 2 heterocycles. The van der Waals surface area contributed by atoms with Gasteiger partial charge in [0.1, 0.15) is 5.82 Å². The fourth-order valence-electron chi connectivity index (χ4n) is 2.45. The van der Waals surface area contributed by atoms with Crippen molar-refractivity contribution in [2.45, 2.75) is 32.2 Å². The molecule has 1 aliphatic rings. The third-order valence-corrected chi connectivity index (χ3v) is 3.36. The summed E-state index contributed by atoms with van der Waals surface area (Å²) in [6.07, 6.45) is 8.72. The molecular formula is C14H16N2. The first kappa shape index (κ1) is 9.64. The van der Waals surface area contributed by atoms with Gasteiger partial charge in [0.15, 0.2) is 0 Å². The van der Waals surface area contributed by atoms with E-state index < -0.39 is 0 Å². The van der Waals surface area contributed by atoms with Crippen LogP contribution < -0.4 is 0 Å². The first-order valence-electron chi connectivity index (χ1n) is 6.00. The highest BCUT2D eigenvalue weighted by Gasteiger charge is 2.10. The topological polar surface area (TPSA) is 17.8 Å². The van der Waals surface area contributed by atoms with E-state index >= 15 is 0 Å². The van der Waals surface area contributed by atoms with E-state index in [2.05, 4.69) is 40.0 Å². The van der Waals surface area contributed by atoms with Crippen LogP contribution in [0.4, 0.5) is 0 Å². The SMILES string of the molecule is c1ccc2c(c1)CCCCn1ccnc1C2. The first-order chi connectivity index (χ1) is 7.93. The number of imidazole rings is 1. The van der Waals surface area contributed by atoms with Crippen molar-refractivity contribution in [1.29, 1.82) is 0 Å². The van der Waals surface area contributed by atoms with Gasteiger partial charge in [-0.25, -0.2) is 4.98 Å². The van der Waals surface area contributed by atoms with Gasteiger partial charge in [-0.2, -0.15) is 0 Å². The number of hydrogen-bond donors (Lipinski definition) is 0. The third kappa shape index (κ3) is 1.75. The maximum absolute atomic E-state index is 4.46. The highest BCUT2D eigenvalue weighted by molar-refractivity contribution is 5.30. The number of benzene rings is 1. The summed E-state index contributed by atoms with van der Waals surface area (Å²) in [6.45, 7) is 1.11. The van der Waals surface area contributed by atoms with Gasteiger partial charge in [-0.3, -0.25) is 0 Å². The smallest absolute Gasteiger partial charge is 0.113 e. The number of hydrogen-bond acceptors (Lipinski definition) is 1. The van der Waals surface area contributed by atoms with Crippen LogP contribution in [0.25, 0.3) is 0 Å². The lowest BCUT2D eigenvalue weighted by Crippen LogP contribution is -2.03. The van der Waals surface area contributed by atoms with Gasteiger partial charge in [0.25, 0.3) is 0 Å². The molecule has 0 spiro atoms. The lowest BCUT2D eigenvalue weighted by molar-refractivity contribution is 0.599. The summed E-state index contributed by atoms with van der Waals surface area (Å²) in [6, 6.07) is 8.76. The number of fused-ring (bicyclic) bond motifs is 2. The van der Waals surface area contributed by atoms with E-state index in [1.54, 1.807) is 0 Å². The first-order valence-corrected chi connectivity index (χ1v) is 6.00. The Morgan fingerprint density at radius 2 is 1.94 bits per heavy atom. The molecule has 1 aliphatic heterocycles. The van der Waals surface area contributed by atoms with Gasteiger partial charge in [-0.1, -0.05) is 24.3 Å². The van der Waals surface area contributed by atoms with Crippen LogP contribution in [0.2, 0.25) is 0 Å². The predicted molar refractivity (Wildman–Crippen MR) is 64.4 cm³/mol. The summed E-state index contributed by atoms with van der Waals surface area (Å²) in [5.74, 6) is 1.20. The van der Waals surface area contributed by atoms with Crippen LogP contribution in [0.3, 0.4) is 0 Å². The zero-order valence-corrected chi connectivity index (χ0v) is 9.39. The Balaban J connectivity index is 2.02. The molecule has 0 unspecified atom stereocenters. The molecule has 0 saturated carbocycles. The van der Waals surface area contributed by atoms with E-state index in [9.17, 15) is 0 Å². The minimum absolute atomic E-state index is 0.975. The van der Waals surface area contributed by atoms with Gasteiger partial charge in [0.2, 0.25) is 0 Å². The lowest BCUT2D eigenvalue weighted by atomic mass is 10.0. The van der Waals surface area contributed by atoms with Gasteiger partial charge < -0.3 is 4.57 Å². The number of nitrogens with zero attached hydrogens (tertiary/aromatic N) is 2. The van der Waals surface area contributed by atoms with Gasteiger partial charge >= 0.3 is 0 Å². The summed E-state index contributed by atoms with van der Waals surface area (Å²) in [5.41, 5.74) is 2.94. The molecule has 3 rings (SSSR count). The van der Waals surface area contributed by atoms with Crippen LogP contribution in [-0.2, 0) is 19.4 Å². The molecule has 16 heavy (non-hydrogen) atoms. The molecule has 2 heteroatoms.